The smallest absolute Gasteiger partial charge is 0.245 e. The first-order chi connectivity index (χ1) is 4.85. The molecule has 0 aliphatic carbocycles. The van der Waals surface area contributed by atoms with Crippen LogP contribution in [-0.4, -0.2) is 18.0 Å². The average molecular weight is 140 g/mol. The number of nitrogens with zero attached hydrogens (tertiary/aromatic N) is 4. The Bertz CT molecular complexity index is 160. The van der Waals surface area contributed by atoms with Crippen LogP contribution < -0.4 is 0 Å². The minimum atomic E-state index is 0.305. The highest BCUT2D eigenvalue weighted by atomic mass is 16.1. The molecule has 1 amide bonds. The van der Waals surface area contributed by atoms with Crippen LogP contribution in [0.1, 0.15) is 13.3 Å². The lowest BCUT2D eigenvalue weighted by atomic mass is 10.5. The minimum absolute atomic E-state index is 0.305. The van der Waals surface area contributed by atoms with Gasteiger partial charge >= 0.3 is 0 Å². The van der Waals surface area contributed by atoms with E-state index >= 15 is 0 Å². The van der Waals surface area contributed by atoms with Crippen molar-refractivity contribution in [3.63, 3.8) is 0 Å². The largest absolute Gasteiger partial charge is 0.276 e. The molecule has 5 heteroatoms. The Balaban J connectivity index is 3.64. The van der Waals surface area contributed by atoms with Gasteiger partial charge in [0.25, 0.3) is 0 Å². The maximum Gasteiger partial charge on any atom is 0.245 e. The van der Waals surface area contributed by atoms with E-state index in [1.165, 1.54) is 6.19 Å². The Morgan fingerprint density at radius 1 is 1.80 bits per heavy atom. The summed E-state index contributed by atoms with van der Waals surface area (Å²) in [7, 11) is 0. The summed E-state index contributed by atoms with van der Waals surface area (Å²) in [5, 5.41) is 15.5. The van der Waals surface area contributed by atoms with Crippen LogP contribution in [0.2, 0.25) is 0 Å². The Morgan fingerprint density at radius 3 is 2.90 bits per heavy atom. The SMILES string of the molecule is CCCN=NN(C#N)C=O. The first-order valence-electron chi connectivity index (χ1n) is 2.86. The third-order valence-electron chi connectivity index (χ3n) is 0.686. The van der Waals surface area contributed by atoms with Crippen LogP contribution in [0.15, 0.2) is 10.3 Å². The minimum Gasteiger partial charge on any atom is -0.276 e. The summed E-state index contributed by atoms with van der Waals surface area (Å²) >= 11 is 0. The molecule has 0 aliphatic heterocycles. The van der Waals surface area contributed by atoms with E-state index in [2.05, 4.69) is 10.3 Å². The second-order valence-corrected chi connectivity index (χ2v) is 1.50. The first-order valence-corrected chi connectivity index (χ1v) is 2.86. The fraction of sp³-hybridized carbons (Fsp3) is 0.600. The number of nitriles is 1. The molecule has 0 saturated heterocycles. The van der Waals surface area contributed by atoms with Gasteiger partial charge in [0.1, 0.15) is 0 Å². The molecule has 0 aromatic rings. The molecule has 54 valence electrons. The predicted molar refractivity (Wildman–Crippen MR) is 33.5 cm³/mol. The first kappa shape index (κ1) is 8.56. The van der Waals surface area contributed by atoms with E-state index in [4.69, 9.17) is 5.26 Å². The zero-order valence-corrected chi connectivity index (χ0v) is 5.69. The molecule has 10 heavy (non-hydrogen) atoms. The number of carbonyl (C=O) groups excluding carboxylic acids is 1. The van der Waals surface area contributed by atoms with Crippen molar-refractivity contribution in [1.29, 1.82) is 5.26 Å². The number of amides is 1. The molecule has 0 heterocycles. The molecule has 0 aliphatic rings. The van der Waals surface area contributed by atoms with Gasteiger partial charge in [0.15, 0.2) is 0 Å². The molecule has 0 atom stereocenters. The van der Waals surface area contributed by atoms with Crippen molar-refractivity contribution in [3.05, 3.63) is 0 Å². The van der Waals surface area contributed by atoms with E-state index in [-0.39, 0.29) is 0 Å². The molecule has 0 aromatic carbocycles. The predicted octanol–water partition coefficient (Wildman–Crippen LogP) is 0.703. The van der Waals surface area contributed by atoms with E-state index in [0.29, 0.717) is 18.0 Å². The van der Waals surface area contributed by atoms with Crippen molar-refractivity contribution >= 4 is 6.41 Å². The molecule has 0 saturated carbocycles. The maximum absolute atomic E-state index is 9.88. The van der Waals surface area contributed by atoms with Gasteiger partial charge < -0.3 is 0 Å². The number of rotatable bonds is 4. The standard InChI is InChI=1S/C5H8N4O/c1-2-3-7-8-9(4-6)5-10/h5H,2-3H2,1H3. The van der Waals surface area contributed by atoms with Crippen LogP contribution in [-0.2, 0) is 4.79 Å². The van der Waals surface area contributed by atoms with Gasteiger partial charge in [0.2, 0.25) is 12.6 Å². The van der Waals surface area contributed by atoms with Crippen LogP contribution in [0.25, 0.3) is 0 Å². The van der Waals surface area contributed by atoms with Gasteiger partial charge in [-0.2, -0.15) is 10.4 Å². The zero-order valence-electron chi connectivity index (χ0n) is 5.69. The molecule has 0 bridgehead atoms. The van der Waals surface area contributed by atoms with E-state index in [1.54, 1.807) is 0 Å². The molecule has 5 nitrogen and oxygen atoms in total. The van der Waals surface area contributed by atoms with Crippen molar-refractivity contribution in [2.24, 2.45) is 10.3 Å². The van der Waals surface area contributed by atoms with Gasteiger partial charge in [-0.25, -0.2) is 0 Å². The number of hydrogen-bond acceptors (Lipinski definition) is 4. The second kappa shape index (κ2) is 5.69. The summed E-state index contributed by atoms with van der Waals surface area (Å²) in [6.45, 7) is 2.46. The Morgan fingerprint density at radius 2 is 2.50 bits per heavy atom. The molecule has 0 N–H and O–H groups in total. The zero-order chi connectivity index (χ0) is 7.82. The summed E-state index contributed by atoms with van der Waals surface area (Å²) in [5.41, 5.74) is 0. The van der Waals surface area contributed by atoms with Gasteiger partial charge in [-0.3, -0.25) is 4.79 Å². The molecule has 0 rings (SSSR count). The quantitative estimate of drug-likeness (QED) is 0.189. The van der Waals surface area contributed by atoms with Crippen molar-refractivity contribution < 1.29 is 4.79 Å². The highest BCUT2D eigenvalue weighted by Gasteiger charge is 1.90. The van der Waals surface area contributed by atoms with Crippen molar-refractivity contribution in [3.8, 4) is 6.19 Å². The fourth-order valence-electron chi connectivity index (χ4n) is 0.278. The summed E-state index contributed by atoms with van der Waals surface area (Å²) < 4.78 is 0. The van der Waals surface area contributed by atoms with Gasteiger partial charge in [-0.05, 0) is 6.42 Å². The Labute approximate surface area is 58.9 Å². The summed E-state index contributed by atoms with van der Waals surface area (Å²) in [5.74, 6) is 0. The van der Waals surface area contributed by atoms with E-state index < -0.39 is 0 Å². The van der Waals surface area contributed by atoms with E-state index in [0.717, 1.165) is 6.42 Å². The van der Waals surface area contributed by atoms with Crippen molar-refractivity contribution in [2.45, 2.75) is 13.3 Å². The lowest BCUT2D eigenvalue weighted by Gasteiger charge is -1.92. The lowest BCUT2D eigenvalue weighted by molar-refractivity contribution is -0.115. The molecule has 0 spiro atoms. The highest BCUT2D eigenvalue weighted by Crippen LogP contribution is 1.84. The normalized spacial score (nSPS) is 9.20. The summed E-state index contributed by atoms with van der Waals surface area (Å²) in [6, 6.07) is 0. The number of carbonyl (C=O) groups is 1. The maximum atomic E-state index is 9.88. The Kier molecular flexibility index (Phi) is 4.87. The monoisotopic (exact) mass is 140 g/mol. The molecular weight excluding hydrogens is 132 g/mol. The van der Waals surface area contributed by atoms with Crippen molar-refractivity contribution in [2.75, 3.05) is 6.54 Å². The highest BCUT2D eigenvalue weighted by molar-refractivity contribution is 5.48. The molecule has 0 aromatic heterocycles. The lowest BCUT2D eigenvalue weighted by Crippen LogP contribution is -2.04. The van der Waals surface area contributed by atoms with Crippen LogP contribution in [0, 0.1) is 11.5 Å². The third-order valence-corrected chi connectivity index (χ3v) is 0.686. The molecule has 0 radical (unpaired) electrons. The van der Waals surface area contributed by atoms with Gasteiger partial charge in [0.05, 0.1) is 6.54 Å². The Hall–Kier alpha value is -1.44. The van der Waals surface area contributed by atoms with Gasteiger partial charge in [-0.15, -0.1) is 5.01 Å². The van der Waals surface area contributed by atoms with Crippen LogP contribution in [0.5, 0.6) is 0 Å². The summed E-state index contributed by atoms with van der Waals surface area (Å²) in [6.07, 6.45) is 2.67. The summed E-state index contributed by atoms with van der Waals surface area (Å²) in [4.78, 5) is 9.88. The topological polar surface area (TPSA) is 68.8 Å². The number of hydrogen-bond donors (Lipinski definition) is 0. The van der Waals surface area contributed by atoms with Crippen LogP contribution in [0.4, 0.5) is 0 Å². The molecular formula is C5H8N4O. The van der Waals surface area contributed by atoms with Crippen LogP contribution >= 0.6 is 0 Å². The average Bonchev–Trinajstić information content (AvgIpc) is 1.99. The van der Waals surface area contributed by atoms with Crippen molar-refractivity contribution in [1.82, 2.24) is 5.01 Å². The van der Waals surface area contributed by atoms with Gasteiger partial charge in [-0.1, -0.05) is 12.1 Å². The fourth-order valence-corrected chi connectivity index (χ4v) is 0.278. The molecule has 0 fully saturated rings. The van der Waals surface area contributed by atoms with E-state index in [9.17, 15) is 4.79 Å². The van der Waals surface area contributed by atoms with Gasteiger partial charge in [0, 0.05) is 0 Å². The molecule has 0 unspecified atom stereocenters. The van der Waals surface area contributed by atoms with Crippen LogP contribution in [0.3, 0.4) is 0 Å². The van der Waals surface area contributed by atoms with E-state index in [1.807, 2.05) is 6.92 Å². The second-order valence-electron chi connectivity index (χ2n) is 1.50. The third kappa shape index (κ3) is 3.55.